The second-order valence-corrected chi connectivity index (χ2v) is 4.89. The fraction of sp³-hybridized carbons (Fsp3) is 0.0667. The molecule has 2 aromatic carbocycles. The van der Waals surface area contributed by atoms with Crippen LogP contribution in [-0.2, 0) is 6.18 Å². The topological polar surface area (TPSA) is 38.9 Å². The second kappa shape index (κ2) is 5.46. The summed E-state index contributed by atoms with van der Waals surface area (Å²) in [5.41, 5.74) is -0.0270. The predicted octanol–water partition coefficient (Wildman–Crippen LogP) is 5.08. The molecule has 0 saturated heterocycles. The smallest absolute Gasteiger partial charge is 0.334 e. The summed E-state index contributed by atoms with van der Waals surface area (Å²) in [6.45, 7) is 0. The van der Waals surface area contributed by atoms with E-state index >= 15 is 0 Å². The van der Waals surface area contributed by atoms with Crippen molar-refractivity contribution in [2.24, 2.45) is 0 Å². The van der Waals surface area contributed by atoms with Gasteiger partial charge in [0, 0.05) is 5.56 Å². The normalized spacial score (nSPS) is 11.6. The van der Waals surface area contributed by atoms with Crippen molar-refractivity contribution in [3.8, 4) is 22.8 Å². The van der Waals surface area contributed by atoms with Gasteiger partial charge >= 0.3 is 6.18 Å². The number of alkyl halides is 3. The summed E-state index contributed by atoms with van der Waals surface area (Å²) in [6, 6.07) is 11.6. The van der Waals surface area contributed by atoms with Crippen molar-refractivity contribution in [1.29, 1.82) is 0 Å². The monoisotopic (exact) mass is 324 g/mol. The Labute approximate surface area is 128 Å². The first-order valence-electron chi connectivity index (χ1n) is 6.21. The molecule has 7 heteroatoms. The molecular weight excluding hydrogens is 317 g/mol. The average Bonchev–Trinajstić information content (AvgIpc) is 2.97. The van der Waals surface area contributed by atoms with Crippen LogP contribution in [0.4, 0.5) is 13.2 Å². The molecule has 3 nitrogen and oxygen atoms in total. The first kappa shape index (κ1) is 14.6. The molecule has 3 rings (SSSR count). The lowest BCUT2D eigenvalue weighted by Crippen LogP contribution is -2.04. The van der Waals surface area contributed by atoms with Gasteiger partial charge in [-0.25, -0.2) is 0 Å². The van der Waals surface area contributed by atoms with Gasteiger partial charge < -0.3 is 4.52 Å². The summed E-state index contributed by atoms with van der Waals surface area (Å²) in [4.78, 5) is 4.11. The van der Waals surface area contributed by atoms with Crippen LogP contribution in [0.3, 0.4) is 0 Å². The van der Waals surface area contributed by atoms with Crippen LogP contribution in [0.2, 0.25) is 5.02 Å². The van der Waals surface area contributed by atoms with Crippen LogP contribution in [-0.4, -0.2) is 10.1 Å². The fourth-order valence-electron chi connectivity index (χ4n) is 1.92. The number of hydrogen-bond donors (Lipinski definition) is 0. The Morgan fingerprint density at radius 3 is 2.50 bits per heavy atom. The number of aromatic nitrogens is 2. The highest BCUT2D eigenvalue weighted by Gasteiger charge is 2.30. The van der Waals surface area contributed by atoms with E-state index in [4.69, 9.17) is 16.1 Å². The summed E-state index contributed by atoms with van der Waals surface area (Å²) in [5, 5.41) is 4.13. The van der Waals surface area contributed by atoms with Gasteiger partial charge in [0.1, 0.15) is 0 Å². The van der Waals surface area contributed by atoms with Gasteiger partial charge in [0.05, 0.1) is 16.1 Å². The average molecular weight is 325 g/mol. The molecule has 22 heavy (non-hydrogen) atoms. The van der Waals surface area contributed by atoms with Crippen LogP contribution < -0.4 is 0 Å². The van der Waals surface area contributed by atoms with Gasteiger partial charge in [0.25, 0.3) is 5.89 Å². The maximum absolute atomic E-state index is 12.7. The molecule has 0 N–H and O–H groups in total. The number of nitrogens with zero attached hydrogens (tertiary/aromatic N) is 2. The fourth-order valence-corrected chi connectivity index (χ4v) is 2.14. The third-order valence-electron chi connectivity index (χ3n) is 2.98. The van der Waals surface area contributed by atoms with E-state index in [-0.39, 0.29) is 17.3 Å². The van der Waals surface area contributed by atoms with E-state index in [2.05, 4.69) is 10.1 Å². The van der Waals surface area contributed by atoms with Crippen molar-refractivity contribution in [1.82, 2.24) is 10.1 Å². The van der Waals surface area contributed by atoms with E-state index < -0.39 is 11.7 Å². The first-order valence-corrected chi connectivity index (χ1v) is 6.59. The number of benzene rings is 2. The first-order chi connectivity index (χ1) is 10.4. The van der Waals surface area contributed by atoms with Gasteiger partial charge in [0.15, 0.2) is 0 Å². The Kier molecular flexibility index (Phi) is 3.62. The van der Waals surface area contributed by atoms with E-state index in [0.717, 1.165) is 12.1 Å². The summed E-state index contributed by atoms with van der Waals surface area (Å²) in [6.07, 6.45) is -4.43. The summed E-state index contributed by atoms with van der Waals surface area (Å²) < 4.78 is 43.3. The summed E-state index contributed by atoms with van der Waals surface area (Å²) >= 11 is 6.02. The highest BCUT2D eigenvalue weighted by molar-refractivity contribution is 6.33. The van der Waals surface area contributed by atoms with Gasteiger partial charge in [-0.05, 0) is 24.3 Å². The van der Waals surface area contributed by atoms with Crippen LogP contribution in [0.5, 0.6) is 0 Å². The van der Waals surface area contributed by atoms with Crippen LogP contribution in [0.1, 0.15) is 5.56 Å². The molecule has 1 heterocycles. The van der Waals surface area contributed by atoms with Crippen molar-refractivity contribution in [2.75, 3.05) is 0 Å². The zero-order chi connectivity index (χ0) is 15.7. The zero-order valence-corrected chi connectivity index (χ0v) is 11.7. The Bertz CT molecular complexity index is 814. The third-order valence-corrected chi connectivity index (χ3v) is 3.31. The number of hydrogen-bond acceptors (Lipinski definition) is 3. The molecule has 3 aromatic rings. The quantitative estimate of drug-likeness (QED) is 0.660. The minimum absolute atomic E-state index is 0.0704. The van der Waals surface area contributed by atoms with E-state index in [9.17, 15) is 13.2 Å². The van der Waals surface area contributed by atoms with Crippen molar-refractivity contribution >= 4 is 11.6 Å². The van der Waals surface area contributed by atoms with Crippen molar-refractivity contribution < 1.29 is 17.7 Å². The van der Waals surface area contributed by atoms with E-state index in [1.54, 1.807) is 24.3 Å². The highest BCUT2D eigenvalue weighted by Crippen LogP contribution is 2.32. The molecule has 112 valence electrons. The Morgan fingerprint density at radius 2 is 1.77 bits per heavy atom. The van der Waals surface area contributed by atoms with Gasteiger partial charge in [-0.1, -0.05) is 41.0 Å². The second-order valence-electron chi connectivity index (χ2n) is 4.48. The highest BCUT2D eigenvalue weighted by atomic mass is 35.5. The third kappa shape index (κ3) is 2.82. The Balaban J connectivity index is 2.00. The van der Waals surface area contributed by atoms with Crippen molar-refractivity contribution in [3.63, 3.8) is 0 Å². The minimum atomic E-state index is -4.43. The van der Waals surface area contributed by atoms with Crippen LogP contribution >= 0.6 is 11.6 Å². The van der Waals surface area contributed by atoms with Gasteiger partial charge in [0.2, 0.25) is 5.82 Å². The van der Waals surface area contributed by atoms with Crippen LogP contribution in [0.15, 0.2) is 53.1 Å². The van der Waals surface area contributed by atoms with Gasteiger partial charge in [-0.15, -0.1) is 0 Å². The van der Waals surface area contributed by atoms with E-state index in [1.165, 1.54) is 12.1 Å². The zero-order valence-electron chi connectivity index (χ0n) is 10.9. The lowest BCUT2D eigenvalue weighted by molar-refractivity contribution is -0.137. The van der Waals surface area contributed by atoms with Crippen molar-refractivity contribution in [3.05, 3.63) is 59.1 Å². The number of halogens is 4. The maximum Gasteiger partial charge on any atom is 0.416 e. The largest absolute Gasteiger partial charge is 0.416 e. The molecule has 0 amide bonds. The summed E-state index contributed by atoms with van der Waals surface area (Å²) in [7, 11) is 0. The molecule has 0 aliphatic rings. The standard InChI is InChI=1S/C15H8ClF3N2O/c16-12-7-2-1-6-11(12)14-20-13(21-22-14)9-4-3-5-10(8-9)15(17,18)19/h1-8H. The predicted molar refractivity (Wildman–Crippen MR) is 75.2 cm³/mol. The SMILES string of the molecule is FC(F)(F)c1cccc(-c2noc(-c3ccccc3Cl)n2)c1. The molecule has 0 bridgehead atoms. The molecule has 0 fully saturated rings. The number of rotatable bonds is 2. The molecule has 0 aliphatic carbocycles. The van der Waals surface area contributed by atoms with Crippen molar-refractivity contribution in [2.45, 2.75) is 6.18 Å². The lowest BCUT2D eigenvalue weighted by atomic mass is 10.1. The maximum atomic E-state index is 12.7. The van der Waals surface area contributed by atoms with E-state index in [0.29, 0.717) is 10.6 Å². The summed E-state index contributed by atoms with van der Waals surface area (Å²) in [5.74, 6) is 0.221. The van der Waals surface area contributed by atoms with Crippen LogP contribution in [0, 0.1) is 0 Å². The van der Waals surface area contributed by atoms with Gasteiger partial charge in [-0.2, -0.15) is 18.2 Å². The van der Waals surface area contributed by atoms with Gasteiger partial charge in [-0.3, -0.25) is 0 Å². The molecule has 0 atom stereocenters. The molecule has 0 unspecified atom stereocenters. The molecule has 0 spiro atoms. The van der Waals surface area contributed by atoms with E-state index in [1.807, 2.05) is 0 Å². The molecular formula is C15H8ClF3N2O. The molecule has 0 aliphatic heterocycles. The Morgan fingerprint density at radius 1 is 1.00 bits per heavy atom. The molecule has 0 saturated carbocycles. The minimum Gasteiger partial charge on any atom is -0.334 e. The van der Waals surface area contributed by atoms with Crippen LogP contribution in [0.25, 0.3) is 22.8 Å². The lowest BCUT2D eigenvalue weighted by Gasteiger charge is -2.06. The Hall–Kier alpha value is -2.34. The molecule has 1 aromatic heterocycles. The molecule has 0 radical (unpaired) electrons.